The molecule has 1 fully saturated rings. The van der Waals surface area contributed by atoms with Gasteiger partial charge in [0.25, 0.3) is 5.89 Å². The smallest absolute Gasteiger partial charge is 0.324 e. The van der Waals surface area contributed by atoms with Crippen LogP contribution < -0.4 is 4.90 Å². The molecular weight excluding hydrogens is 444 g/mol. The first-order valence-electron chi connectivity index (χ1n) is 10.9. The zero-order chi connectivity index (χ0) is 23.7. The maximum absolute atomic E-state index is 13.4. The van der Waals surface area contributed by atoms with E-state index in [0.717, 1.165) is 18.8 Å². The molecule has 34 heavy (non-hydrogen) atoms. The van der Waals surface area contributed by atoms with Gasteiger partial charge in [0.05, 0.1) is 12.2 Å². The Morgan fingerprint density at radius 3 is 2.59 bits per heavy atom. The lowest BCUT2D eigenvalue weighted by molar-refractivity contribution is 0.116. The van der Waals surface area contributed by atoms with Crippen LogP contribution in [0.25, 0.3) is 17.1 Å². The second kappa shape index (κ2) is 9.18. The van der Waals surface area contributed by atoms with E-state index in [9.17, 15) is 13.6 Å². The van der Waals surface area contributed by atoms with Gasteiger partial charge in [0, 0.05) is 49.8 Å². The van der Waals surface area contributed by atoms with Crippen molar-refractivity contribution in [1.82, 2.24) is 29.4 Å². The molecule has 1 aromatic carbocycles. The van der Waals surface area contributed by atoms with Crippen LogP contribution in [0.5, 0.6) is 0 Å². The van der Waals surface area contributed by atoms with Gasteiger partial charge in [-0.2, -0.15) is 8.78 Å². The first-order chi connectivity index (χ1) is 16.5. The minimum atomic E-state index is -2.83. The van der Waals surface area contributed by atoms with Gasteiger partial charge in [-0.15, -0.1) is 10.2 Å². The number of benzene rings is 1. The van der Waals surface area contributed by atoms with Gasteiger partial charge in [0.1, 0.15) is 5.65 Å². The van der Waals surface area contributed by atoms with Crippen LogP contribution in [0, 0.1) is 0 Å². The molecule has 0 spiro atoms. The first-order valence-corrected chi connectivity index (χ1v) is 10.9. The number of carbonyl (C=O) groups excluding carboxylic acids is 1. The number of amides is 2. The van der Waals surface area contributed by atoms with Crippen molar-refractivity contribution >= 4 is 17.4 Å². The van der Waals surface area contributed by atoms with Gasteiger partial charge in [-0.3, -0.25) is 4.90 Å². The minimum absolute atomic E-state index is 0.00138. The summed E-state index contributed by atoms with van der Waals surface area (Å²) in [6, 6.07) is 12.8. The highest BCUT2D eigenvalue weighted by Gasteiger charge is 2.26. The van der Waals surface area contributed by atoms with E-state index in [1.54, 1.807) is 27.6 Å². The third kappa shape index (κ3) is 4.46. The molecule has 0 bridgehead atoms. The first kappa shape index (κ1) is 22.0. The van der Waals surface area contributed by atoms with Crippen LogP contribution in [0.2, 0.25) is 0 Å². The number of likely N-dealkylation sites (N-methyl/N-ethyl adjacent to an activating group) is 1. The summed E-state index contributed by atoms with van der Waals surface area (Å²) in [4.78, 5) is 23.9. The minimum Gasteiger partial charge on any atom is -0.415 e. The van der Waals surface area contributed by atoms with Crippen LogP contribution in [0.15, 0.2) is 59.3 Å². The Bertz CT molecular complexity index is 1280. The number of fused-ring (bicyclic) bond motifs is 1. The standard InChI is InChI=1S/C23H23F2N7O2/c1-29-9-11-30(12-10-29)23(33)32(18-5-3-2-4-6-18)15-17-14-31-8-7-16(13-19(31)26-17)21-27-28-22(34-21)20(24)25/h2-8,13-14,20H,9-12,15H2,1H3. The SMILES string of the molecule is CN1CCN(C(=O)N(Cc2cn3ccc(-c4nnc(C(F)F)o4)cc3n2)c2ccccc2)CC1. The number of urea groups is 1. The van der Waals surface area contributed by atoms with E-state index >= 15 is 0 Å². The van der Waals surface area contributed by atoms with Crippen molar-refractivity contribution in [2.45, 2.75) is 13.0 Å². The number of anilines is 1. The molecule has 4 heterocycles. The number of nitrogens with zero attached hydrogens (tertiary/aromatic N) is 7. The summed E-state index contributed by atoms with van der Waals surface area (Å²) in [5.74, 6) is -0.724. The zero-order valence-electron chi connectivity index (χ0n) is 18.5. The van der Waals surface area contributed by atoms with Crippen molar-refractivity contribution in [1.29, 1.82) is 0 Å². The van der Waals surface area contributed by atoms with Gasteiger partial charge >= 0.3 is 12.5 Å². The van der Waals surface area contributed by atoms with Gasteiger partial charge in [-0.05, 0) is 31.3 Å². The molecule has 0 atom stereocenters. The summed E-state index contributed by atoms with van der Waals surface area (Å²) in [6.45, 7) is 3.27. The molecule has 0 saturated carbocycles. The fourth-order valence-corrected chi connectivity index (χ4v) is 3.89. The summed E-state index contributed by atoms with van der Waals surface area (Å²) < 4.78 is 32.4. The number of imidazole rings is 1. The summed E-state index contributed by atoms with van der Waals surface area (Å²) in [7, 11) is 2.05. The lowest BCUT2D eigenvalue weighted by Crippen LogP contribution is -2.51. The van der Waals surface area contributed by atoms with Crippen LogP contribution >= 0.6 is 0 Å². The third-order valence-corrected chi connectivity index (χ3v) is 5.78. The monoisotopic (exact) mass is 467 g/mol. The molecular formula is C23H23F2N7O2. The molecule has 5 rings (SSSR count). The van der Waals surface area contributed by atoms with Crippen LogP contribution in [-0.4, -0.2) is 68.6 Å². The van der Waals surface area contributed by atoms with E-state index < -0.39 is 12.3 Å². The lowest BCUT2D eigenvalue weighted by atomic mass is 10.2. The predicted octanol–water partition coefficient (Wildman–Crippen LogP) is 3.70. The zero-order valence-corrected chi connectivity index (χ0v) is 18.5. The van der Waals surface area contributed by atoms with Gasteiger partial charge in [-0.1, -0.05) is 18.2 Å². The number of halogens is 2. The van der Waals surface area contributed by atoms with Gasteiger partial charge in [0.15, 0.2) is 0 Å². The van der Waals surface area contributed by atoms with Crippen molar-refractivity contribution in [3.8, 4) is 11.5 Å². The van der Waals surface area contributed by atoms with E-state index in [0.29, 0.717) is 30.0 Å². The number of pyridine rings is 1. The summed E-state index contributed by atoms with van der Waals surface area (Å²) in [5.41, 5.74) is 2.53. The van der Waals surface area contributed by atoms with Gasteiger partial charge in [-0.25, -0.2) is 9.78 Å². The molecule has 4 aromatic rings. The summed E-state index contributed by atoms with van der Waals surface area (Å²) >= 11 is 0. The quantitative estimate of drug-likeness (QED) is 0.445. The fourth-order valence-electron chi connectivity index (χ4n) is 3.89. The Morgan fingerprint density at radius 2 is 1.88 bits per heavy atom. The molecule has 0 N–H and O–H groups in total. The van der Waals surface area contributed by atoms with Crippen LogP contribution in [0.3, 0.4) is 0 Å². The molecule has 2 amide bonds. The number of piperazine rings is 1. The topological polar surface area (TPSA) is 83.0 Å². The van der Waals surface area contributed by atoms with Crippen LogP contribution in [0.1, 0.15) is 18.0 Å². The number of hydrogen-bond donors (Lipinski definition) is 0. The average molecular weight is 467 g/mol. The normalized spacial score (nSPS) is 14.8. The molecule has 11 heteroatoms. The van der Waals surface area contributed by atoms with Crippen LogP contribution in [-0.2, 0) is 6.54 Å². The van der Waals surface area contributed by atoms with Crippen molar-refractivity contribution in [2.24, 2.45) is 0 Å². The Hall–Kier alpha value is -3.86. The van der Waals surface area contributed by atoms with Gasteiger partial charge < -0.3 is 18.6 Å². The molecule has 3 aromatic heterocycles. The van der Waals surface area contributed by atoms with E-state index in [2.05, 4.69) is 20.1 Å². The molecule has 1 aliphatic rings. The fraction of sp³-hybridized carbons (Fsp3) is 0.304. The molecule has 176 valence electrons. The number of rotatable bonds is 5. The van der Waals surface area contributed by atoms with E-state index in [-0.39, 0.29) is 18.5 Å². The number of para-hydroxylation sites is 1. The maximum Gasteiger partial charge on any atom is 0.324 e. The molecule has 1 saturated heterocycles. The maximum atomic E-state index is 13.4. The number of hydrogen-bond acceptors (Lipinski definition) is 6. The molecule has 9 nitrogen and oxygen atoms in total. The number of aromatic nitrogens is 4. The number of carbonyl (C=O) groups is 1. The highest BCUT2D eigenvalue weighted by Crippen LogP contribution is 2.25. The second-order valence-electron chi connectivity index (χ2n) is 8.15. The number of alkyl halides is 2. The molecule has 0 radical (unpaired) electrons. The lowest BCUT2D eigenvalue weighted by Gasteiger charge is -2.36. The van der Waals surface area contributed by atoms with Crippen molar-refractivity contribution in [2.75, 3.05) is 38.1 Å². The van der Waals surface area contributed by atoms with Crippen molar-refractivity contribution < 1.29 is 18.0 Å². The van der Waals surface area contributed by atoms with E-state index in [1.807, 2.05) is 48.5 Å². The second-order valence-corrected chi connectivity index (χ2v) is 8.15. The summed E-state index contributed by atoms with van der Waals surface area (Å²) in [5, 5.41) is 7.07. The Balaban J connectivity index is 1.41. The Labute approximate surface area is 194 Å². The van der Waals surface area contributed by atoms with E-state index in [4.69, 9.17) is 4.42 Å². The highest BCUT2D eigenvalue weighted by atomic mass is 19.3. The average Bonchev–Trinajstić information content (AvgIpc) is 3.50. The predicted molar refractivity (Wildman–Crippen MR) is 121 cm³/mol. The van der Waals surface area contributed by atoms with Crippen molar-refractivity contribution in [3.63, 3.8) is 0 Å². The van der Waals surface area contributed by atoms with Crippen LogP contribution in [0.4, 0.5) is 19.3 Å². The molecule has 0 aliphatic carbocycles. The highest BCUT2D eigenvalue weighted by molar-refractivity contribution is 5.92. The Kier molecular flexibility index (Phi) is 5.93. The van der Waals surface area contributed by atoms with E-state index in [1.165, 1.54) is 0 Å². The summed E-state index contributed by atoms with van der Waals surface area (Å²) in [6.07, 6.45) is 0.748. The molecule has 0 unspecified atom stereocenters. The molecule has 1 aliphatic heterocycles. The van der Waals surface area contributed by atoms with Crippen molar-refractivity contribution in [3.05, 3.63) is 66.4 Å². The van der Waals surface area contributed by atoms with Gasteiger partial charge in [0.2, 0.25) is 5.89 Å². The largest absolute Gasteiger partial charge is 0.415 e. The third-order valence-electron chi connectivity index (χ3n) is 5.78. The Morgan fingerprint density at radius 1 is 1.12 bits per heavy atom.